The maximum absolute atomic E-state index is 13.3. The molecule has 8 heteroatoms. The molecule has 0 radical (unpaired) electrons. The van der Waals surface area contributed by atoms with Gasteiger partial charge in [0, 0.05) is 38.6 Å². The van der Waals surface area contributed by atoms with Crippen LogP contribution in [0.2, 0.25) is 0 Å². The second-order valence-corrected chi connectivity index (χ2v) is 15.5. The third kappa shape index (κ3) is 8.79. The van der Waals surface area contributed by atoms with Gasteiger partial charge in [0.1, 0.15) is 11.6 Å². The number of halogens is 4. The lowest BCUT2D eigenvalue weighted by molar-refractivity contribution is -0.135. The first-order valence-corrected chi connectivity index (χ1v) is 21.1. The van der Waals surface area contributed by atoms with E-state index in [2.05, 4.69) is 124 Å². The quantitative estimate of drug-likeness (QED) is 0.166. The molecule has 11 aromatic rings. The smallest absolute Gasteiger partial charge is 0.419 e. The number of aromatic nitrogens is 3. The number of para-hydroxylation sites is 4. The van der Waals surface area contributed by atoms with Crippen molar-refractivity contribution < 1.29 is 22.3 Å². The molecule has 0 aliphatic rings. The molecular formula is C57H43F4N3O. The molecule has 1 N–H and O–H groups in total. The van der Waals surface area contributed by atoms with E-state index in [1.54, 1.807) is 55.6 Å². The van der Waals surface area contributed by atoms with E-state index in [0.29, 0.717) is 11.1 Å². The molecule has 0 bridgehead atoms. The van der Waals surface area contributed by atoms with Gasteiger partial charge in [-0.05, 0) is 96.4 Å². The first-order valence-electron chi connectivity index (χ1n) is 21.1. The van der Waals surface area contributed by atoms with E-state index in [-0.39, 0.29) is 16.9 Å². The molecule has 0 saturated heterocycles. The summed E-state index contributed by atoms with van der Waals surface area (Å²) in [6.07, 6.45) is -4.38. The van der Waals surface area contributed by atoms with E-state index in [9.17, 15) is 17.6 Å². The number of methoxy groups -OCH3 is 1. The summed E-state index contributed by atoms with van der Waals surface area (Å²) in [5.74, 6) is 0.693. The van der Waals surface area contributed by atoms with Gasteiger partial charge < -0.3 is 18.9 Å². The highest BCUT2D eigenvalue weighted by molar-refractivity contribution is 5.92. The maximum atomic E-state index is 13.3. The molecule has 8 aromatic carbocycles. The summed E-state index contributed by atoms with van der Waals surface area (Å²) in [7, 11) is 1.72. The van der Waals surface area contributed by atoms with Gasteiger partial charge in [-0.1, -0.05) is 146 Å². The number of aromatic amines is 1. The summed E-state index contributed by atoms with van der Waals surface area (Å²) in [4.78, 5) is 2.87. The number of hydrogen-bond acceptors (Lipinski definition) is 1. The molecule has 0 fully saturated rings. The summed E-state index contributed by atoms with van der Waals surface area (Å²) >= 11 is 0. The summed E-state index contributed by atoms with van der Waals surface area (Å²) < 4.78 is 63.1. The van der Waals surface area contributed by atoms with Gasteiger partial charge in [-0.2, -0.15) is 13.2 Å². The lowest BCUT2D eigenvalue weighted by atomic mass is 10.1. The van der Waals surface area contributed by atoms with Crippen LogP contribution in [0.5, 0.6) is 5.75 Å². The number of aryl methyl sites for hydroxylation is 1. The predicted octanol–water partition coefficient (Wildman–Crippen LogP) is 15.9. The maximum Gasteiger partial charge on any atom is 0.419 e. The van der Waals surface area contributed by atoms with Crippen molar-refractivity contribution in [3.63, 3.8) is 0 Å². The van der Waals surface area contributed by atoms with Crippen molar-refractivity contribution in [1.82, 2.24) is 14.1 Å². The number of benzene rings is 8. The van der Waals surface area contributed by atoms with E-state index in [1.807, 2.05) is 48.5 Å². The molecule has 3 heterocycles. The van der Waals surface area contributed by atoms with E-state index < -0.39 is 11.7 Å². The topological polar surface area (TPSA) is 34.9 Å². The minimum absolute atomic E-state index is 0.120. The molecule has 0 aliphatic heterocycles. The fourth-order valence-electron chi connectivity index (χ4n) is 8.30. The highest BCUT2D eigenvalue weighted by atomic mass is 19.4. The van der Waals surface area contributed by atoms with E-state index >= 15 is 0 Å². The molecule has 11 rings (SSSR count). The second-order valence-electron chi connectivity index (χ2n) is 15.5. The first-order chi connectivity index (χ1) is 31.7. The number of nitrogens with one attached hydrogen (secondary N) is 1. The zero-order valence-electron chi connectivity index (χ0n) is 35.6. The highest BCUT2D eigenvalue weighted by Crippen LogP contribution is 2.42. The number of fused-ring (bicyclic) bond motifs is 3. The average molecular weight is 862 g/mol. The zero-order valence-corrected chi connectivity index (χ0v) is 35.6. The number of H-pyrrole nitrogens is 1. The zero-order chi connectivity index (χ0) is 44.9. The van der Waals surface area contributed by atoms with Crippen molar-refractivity contribution in [1.29, 1.82) is 0 Å². The fourth-order valence-corrected chi connectivity index (χ4v) is 8.30. The molecule has 3 aromatic heterocycles. The van der Waals surface area contributed by atoms with Crippen molar-refractivity contribution in [2.75, 3.05) is 7.11 Å². The van der Waals surface area contributed by atoms with Gasteiger partial charge in [0.15, 0.2) is 0 Å². The van der Waals surface area contributed by atoms with Crippen molar-refractivity contribution in [3.8, 4) is 50.9 Å². The molecule has 65 heavy (non-hydrogen) atoms. The largest absolute Gasteiger partial charge is 0.496 e. The van der Waals surface area contributed by atoms with Crippen LogP contribution in [0.3, 0.4) is 0 Å². The van der Waals surface area contributed by atoms with Crippen LogP contribution in [0.4, 0.5) is 17.6 Å². The van der Waals surface area contributed by atoms with Gasteiger partial charge >= 0.3 is 6.18 Å². The molecule has 0 aliphatic carbocycles. The first kappa shape index (κ1) is 42.2. The SMILES string of the molecule is COc1cc(-c2cc3ccccc3n2-c2ccccc2)ccc1C.FC(F)(F)c1c(-c2ccccc2)[nH]c2ccccc12.Fc1ccc(-n2c(-c3ccccc3)cc3ccccc32)cc1. The molecular weight excluding hydrogens is 819 g/mol. The van der Waals surface area contributed by atoms with Crippen LogP contribution in [0, 0.1) is 12.7 Å². The Kier molecular flexibility index (Phi) is 11.9. The van der Waals surface area contributed by atoms with Crippen LogP contribution < -0.4 is 4.74 Å². The van der Waals surface area contributed by atoms with Gasteiger partial charge in [-0.15, -0.1) is 0 Å². The Hall–Kier alpha value is -8.10. The standard InChI is InChI=1S/C22H19NO.C20H14FN.C15H10F3N/c1-16-12-13-18(15-22(16)24-2)21-14-17-8-6-7-11-20(17)23(21)19-9-4-3-5-10-19;21-17-10-12-18(13-11-17)22-19-9-5-4-8-16(19)14-20(22)15-6-2-1-3-7-15;16-15(17,18)13-11-8-4-5-9-12(11)19-14(13)10-6-2-1-3-7-10/h3-15H,1-2H3;1-14H;1-9,19H. The number of rotatable bonds is 6. The highest BCUT2D eigenvalue weighted by Gasteiger charge is 2.37. The van der Waals surface area contributed by atoms with Gasteiger partial charge in [0.25, 0.3) is 0 Å². The lowest BCUT2D eigenvalue weighted by Gasteiger charge is -2.13. The summed E-state index contributed by atoms with van der Waals surface area (Å²) in [6, 6.07) is 69.9. The van der Waals surface area contributed by atoms with Crippen molar-refractivity contribution in [2.45, 2.75) is 13.1 Å². The summed E-state index contributed by atoms with van der Waals surface area (Å²) in [5, 5.41) is 2.61. The van der Waals surface area contributed by atoms with Gasteiger partial charge in [-0.3, -0.25) is 0 Å². The van der Waals surface area contributed by atoms with Crippen LogP contribution in [0.15, 0.2) is 218 Å². The molecule has 4 nitrogen and oxygen atoms in total. The van der Waals surface area contributed by atoms with Crippen molar-refractivity contribution >= 4 is 32.7 Å². The normalized spacial score (nSPS) is 11.2. The molecule has 0 atom stereocenters. The minimum atomic E-state index is -4.38. The van der Waals surface area contributed by atoms with E-state index in [1.165, 1.54) is 40.2 Å². The third-order valence-electron chi connectivity index (χ3n) is 11.3. The number of alkyl halides is 3. The Morgan fingerprint density at radius 3 is 1.55 bits per heavy atom. The Bertz CT molecular complexity index is 3350. The molecule has 0 amide bonds. The van der Waals surface area contributed by atoms with Gasteiger partial charge in [-0.25, -0.2) is 4.39 Å². The second kappa shape index (κ2) is 18.3. The van der Waals surface area contributed by atoms with E-state index in [0.717, 1.165) is 45.0 Å². The lowest BCUT2D eigenvalue weighted by Crippen LogP contribution is -2.05. The summed E-state index contributed by atoms with van der Waals surface area (Å²) in [5.41, 5.74) is 10.7. The Morgan fingerprint density at radius 2 is 0.969 bits per heavy atom. The van der Waals surface area contributed by atoms with Crippen molar-refractivity contribution in [3.05, 3.63) is 235 Å². The Labute approximate surface area is 374 Å². The third-order valence-corrected chi connectivity index (χ3v) is 11.3. The van der Waals surface area contributed by atoms with Crippen LogP contribution in [-0.4, -0.2) is 21.2 Å². The minimum Gasteiger partial charge on any atom is -0.496 e. The molecule has 0 saturated carbocycles. The van der Waals surface area contributed by atoms with Crippen LogP contribution >= 0.6 is 0 Å². The predicted molar refractivity (Wildman–Crippen MR) is 257 cm³/mol. The molecule has 320 valence electrons. The number of ether oxygens (including phenoxy) is 1. The van der Waals surface area contributed by atoms with Gasteiger partial charge in [0.05, 0.1) is 40.8 Å². The number of nitrogens with zero attached hydrogens (tertiary/aromatic N) is 2. The van der Waals surface area contributed by atoms with Crippen LogP contribution in [0.25, 0.3) is 77.9 Å². The monoisotopic (exact) mass is 861 g/mol. The van der Waals surface area contributed by atoms with Crippen LogP contribution in [-0.2, 0) is 6.18 Å². The Morgan fingerprint density at radius 1 is 0.477 bits per heavy atom. The fraction of sp³-hybridized carbons (Fsp3) is 0.0526. The van der Waals surface area contributed by atoms with Crippen LogP contribution in [0.1, 0.15) is 11.1 Å². The molecule has 0 spiro atoms. The van der Waals surface area contributed by atoms with E-state index in [4.69, 9.17) is 4.74 Å². The Balaban J connectivity index is 0.000000124. The summed E-state index contributed by atoms with van der Waals surface area (Å²) in [6.45, 7) is 2.06. The molecule has 0 unspecified atom stereocenters. The van der Waals surface area contributed by atoms with Gasteiger partial charge in [0.2, 0.25) is 0 Å². The number of hydrogen-bond donors (Lipinski definition) is 1. The van der Waals surface area contributed by atoms with Crippen molar-refractivity contribution in [2.24, 2.45) is 0 Å². The average Bonchev–Trinajstić information content (AvgIpc) is 4.06.